The van der Waals surface area contributed by atoms with Gasteiger partial charge in [-0.25, -0.2) is 4.39 Å². The number of benzene rings is 1. The lowest BCUT2D eigenvalue weighted by Gasteiger charge is -2.24. The molecule has 0 aliphatic rings. The maximum absolute atomic E-state index is 13.2. The van der Waals surface area contributed by atoms with Crippen LogP contribution < -0.4 is 11.1 Å². The van der Waals surface area contributed by atoms with Crippen LogP contribution in [0, 0.1) is 0 Å². The fourth-order valence-corrected chi connectivity index (χ4v) is 1.15. The second-order valence-corrected chi connectivity index (χ2v) is 3.86. The van der Waals surface area contributed by atoms with Gasteiger partial charge in [0.15, 0.2) is 0 Å². The number of halogens is 4. The Kier molecular flexibility index (Phi) is 3.95. The van der Waals surface area contributed by atoms with E-state index in [-0.39, 0.29) is 19.0 Å². The lowest BCUT2D eigenvalue weighted by atomic mass is 10.1. The van der Waals surface area contributed by atoms with E-state index in [0.29, 0.717) is 5.56 Å². The van der Waals surface area contributed by atoms with Crippen molar-refractivity contribution in [1.29, 1.82) is 0 Å². The van der Waals surface area contributed by atoms with Gasteiger partial charge in [0, 0.05) is 12.1 Å². The molecule has 18 heavy (non-hydrogen) atoms. The van der Waals surface area contributed by atoms with Crippen LogP contribution in [0.5, 0.6) is 0 Å². The average Bonchev–Trinajstić information content (AvgIpc) is 2.27. The van der Waals surface area contributed by atoms with E-state index in [1.165, 1.54) is 29.6 Å². The van der Waals surface area contributed by atoms with Gasteiger partial charge in [0.2, 0.25) is 0 Å². The summed E-state index contributed by atoms with van der Waals surface area (Å²) in [6.45, 7) is 0.491. The number of carbonyl (C=O) groups is 1. The first-order valence-electron chi connectivity index (χ1n) is 5.04. The Morgan fingerprint density at radius 2 is 1.72 bits per heavy atom. The molecule has 0 saturated heterocycles. The Bertz CT molecular complexity index is 426. The minimum atomic E-state index is -5.17. The lowest BCUT2D eigenvalue weighted by Crippen LogP contribution is -2.53. The molecule has 0 aromatic heterocycles. The molecule has 1 rings (SSSR count). The van der Waals surface area contributed by atoms with Gasteiger partial charge in [0.25, 0.3) is 11.7 Å². The van der Waals surface area contributed by atoms with Gasteiger partial charge in [-0.1, -0.05) is 12.1 Å². The first-order valence-corrected chi connectivity index (χ1v) is 5.04. The summed E-state index contributed by atoms with van der Waals surface area (Å²) >= 11 is 0. The fraction of sp³-hybridized carbons (Fsp3) is 0.364. The van der Waals surface area contributed by atoms with Crippen molar-refractivity contribution < 1.29 is 22.4 Å². The molecule has 0 saturated carbocycles. The van der Waals surface area contributed by atoms with Gasteiger partial charge in [-0.05, 0) is 24.6 Å². The van der Waals surface area contributed by atoms with E-state index in [9.17, 15) is 22.4 Å². The van der Waals surface area contributed by atoms with Crippen LogP contribution in [0.3, 0.4) is 0 Å². The van der Waals surface area contributed by atoms with Crippen LogP contribution in [0.15, 0.2) is 24.3 Å². The predicted molar refractivity (Wildman–Crippen MR) is 57.4 cm³/mol. The first kappa shape index (κ1) is 14.4. The highest BCUT2D eigenvalue weighted by molar-refractivity contribution is 5.94. The highest BCUT2D eigenvalue weighted by Crippen LogP contribution is 2.31. The molecule has 1 aromatic rings. The SMILES string of the molecule is C[C@](F)(NC(=O)c1ccc(CN)cc1)C(F)(F)F. The third-order valence-electron chi connectivity index (χ3n) is 2.33. The smallest absolute Gasteiger partial charge is 0.326 e. The van der Waals surface area contributed by atoms with E-state index >= 15 is 0 Å². The molecule has 7 heteroatoms. The monoisotopic (exact) mass is 264 g/mol. The zero-order chi connectivity index (χ0) is 14.0. The third kappa shape index (κ3) is 3.19. The van der Waals surface area contributed by atoms with Crippen molar-refractivity contribution in [2.45, 2.75) is 25.4 Å². The van der Waals surface area contributed by atoms with Crippen LogP contribution >= 0.6 is 0 Å². The van der Waals surface area contributed by atoms with Crippen LogP contribution in [-0.2, 0) is 6.54 Å². The number of alkyl halides is 4. The van der Waals surface area contributed by atoms with E-state index in [4.69, 9.17) is 5.73 Å². The van der Waals surface area contributed by atoms with Crippen LogP contribution in [0.4, 0.5) is 17.6 Å². The number of amides is 1. The molecule has 0 spiro atoms. The summed E-state index contributed by atoms with van der Waals surface area (Å²) in [7, 11) is 0. The molecule has 1 aromatic carbocycles. The first-order chi connectivity index (χ1) is 8.17. The summed E-state index contributed by atoms with van der Waals surface area (Å²) in [5.74, 6) is -4.91. The zero-order valence-electron chi connectivity index (χ0n) is 9.51. The van der Waals surface area contributed by atoms with Gasteiger partial charge in [-0.3, -0.25) is 4.79 Å². The number of nitrogens with two attached hydrogens (primary N) is 1. The number of hydrogen-bond acceptors (Lipinski definition) is 2. The molecular formula is C11H12F4N2O. The molecule has 0 heterocycles. The molecule has 0 aliphatic heterocycles. The highest BCUT2D eigenvalue weighted by atomic mass is 19.4. The summed E-state index contributed by atoms with van der Waals surface area (Å²) in [6, 6.07) is 5.53. The van der Waals surface area contributed by atoms with Crippen LogP contribution in [0.25, 0.3) is 0 Å². The summed E-state index contributed by atoms with van der Waals surface area (Å²) in [5.41, 5.74) is 5.97. The van der Waals surface area contributed by atoms with Crippen LogP contribution in [-0.4, -0.2) is 17.9 Å². The maximum atomic E-state index is 13.2. The van der Waals surface area contributed by atoms with Gasteiger partial charge in [0.05, 0.1) is 0 Å². The molecule has 0 bridgehead atoms. The van der Waals surface area contributed by atoms with Crippen molar-refractivity contribution in [1.82, 2.24) is 5.32 Å². The summed E-state index contributed by atoms with van der Waals surface area (Å²) in [6.07, 6.45) is -5.17. The van der Waals surface area contributed by atoms with Crippen molar-refractivity contribution >= 4 is 5.91 Å². The summed E-state index contributed by atoms with van der Waals surface area (Å²) in [5, 5.41) is 1.29. The van der Waals surface area contributed by atoms with E-state index in [2.05, 4.69) is 0 Å². The van der Waals surface area contributed by atoms with E-state index in [1.54, 1.807) is 0 Å². The zero-order valence-corrected chi connectivity index (χ0v) is 9.51. The standard InChI is InChI=1S/C11H12F4N2O/c1-10(12,11(13,14)15)17-9(18)8-4-2-7(6-16)3-5-8/h2-5H,6,16H2,1H3,(H,17,18)/t10-/m0/s1. The molecule has 0 aliphatic carbocycles. The second kappa shape index (κ2) is 4.93. The van der Waals surface area contributed by atoms with Gasteiger partial charge >= 0.3 is 6.18 Å². The van der Waals surface area contributed by atoms with E-state index in [0.717, 1.165) is 0 Å². The van der Waals surface area contributed by atoms with Crippen molar-refractivity contribution in [3.8, 4) is 0 Å². The number of nitrogens with one attached hydrogen (secondary N) is 1. The van der Waals surface area contributed by atoms with Crippen molar-refractivity contribution in [3.05, 3.63) is 35.4 Å². The Hall–Kier alpha value is -1.63. The van der Waals surface area contributed by atoms with Gasteiger partial charge < -0.3 is 11.1 Å². The topological polar surface area (TPSA) is 55.1 Å². The Morgan fingerprint density at radius 3 is 2.11 bits per heavy atom. The average molecular weight is 264 g/mol. The minimum absolute atomic E-state index is 0.0691. The van der Waals surface area contributed by atoms with Crippen molar-refractivity contribution in [3.63, 3.8) is 0 Å². The number of rotatable bonds is 3. The van der Waals surface area contributed by atoms with Crippen LogP contribution in [0.1, 0.15) is 22.8 Å². The van der Waals surface area contributed by atoms with E-state index < -0.39 is 17.9 Å². The second-order valence-electron chi connectivity index (χ2n) is 3.86. The Labute approximate surface area is 101 Å². The predicted octanol–water partition coefficient (Wildman–Crippen LogP) is 2.12. The summed E-state index contributed by atoms with van der Waals surface area (Å²) in [4.78, 5) is 11.4. The molecule has 100 valence electrons. The molecule has 0 fully saturated rings. The molecular weight excluding hydrogens is 252 g/mol. The maximum Gasteiger partial charge on any atom is 0.441 e. The Balaban J connectivity index is 2.82. The minimum Gasteiger partial charge on any atom is -0.326 e. The van der Waals surface area contributed by atoms with Gasteiger partial charge in [0.1, 0.15) is 0 Å². The molecule has 0 unspecified atom stereocenters. The van der Waals surface area contributed by atoms with Gasteiger partial charge in [-0.2, -0.15) is 13.2 Å². The quantitative estimate of drug-likeness (QED) is 0.649. The molecule has 1 atom stereocenters. The highest BCUT2D eigenvalue weighted by Gasteiger charge is 2.53. The molecule has 1 amide bonds. The number of carbonyl (C=O) groups excluding carboxylic acids is 1. The van der Waals surface area contributed by atoms with Crippen molar-refractivity contribution in [2.24, 2.45) is 5.73 Å². The Morgan fingerprint density at radius 1 is 1.22 bits per heavy atom. The molecule has 3 N–H and O–H groups in total. The van der Waals surface area contributed by atoms with Crippen molar-refractivity contribution in [2.75, 3.05) is 0 Å². The molecule has 3 nitrogen and oxygen atoms in total. The fourth-order valence-electron chi connectivity index (χ4n) is 1.15. The van der Waals surface area contributed by atoms with E-state index in [1.807, 2.05) is 0 Å². The van der Waals surface area contributed by atoms with Crippen LogP contribution in [0.2, 0.25) is 0 Å². The summed E-state index contributed by atoms with van der Waals surface area (Å²) < 4.78 is 49.9. The third-order valence-corrected chi connectivity index (χ3v) is 2.33. The normalized spacial score (nSPS) is 15.0. The number of hydrogen-bond donors (Lipinski definition) is 2. The largest absolute Gasteiger partial charge is 0.441 e. The van der Waals surface area contributed by atoms with Gasteiger partial charge in [-0.15, -0.1) is 0 Å². The lowest BCUT2D eigenvalue weighted by molar-refractivity contribution is -0.230. The molecule has 0 radical (unpaired) electrons.